The van der Waals surface area contributed by atoms with Crippen molar-refractivity contribution < 1.29 is 14.7 Å². The van der Waals surface area contributed by atoms with Gasteiger partial charge in [0.15, 0.2) is 0 Å². The van der Waals surface area contributed by atoms with Crippen LogP contribution >= 0.6 is 0 Å². The number of fused-ring (bicyclic) bond motifs is 1. The number of nitrogens with one attached hydrogen (secondary N) is 1. The summed E-state index contributed by atoms with van der Waals surface area (Å²) in [6.07, 6.45) is 1.14. The summed E-state index contributed by atoms with van der Waals surface area (Å²) in [5.41, 5.74) is -0.0139. The van der Waals surface area contributed by atoms with E-state index in [1.807, 2.05) is 18.2 Å². The molecule has 3 unspecified atom stereocenters. The highest BCUT2D eigenvalue weighted by Crippen LogP contribution is 2.49. The molecule has 2 aromatic carbocycles. The monoisotopic (exact) mass is 311 g/mol. The van der Waals surface area contributed by atoms with E-state index in [9.17, 15) is 14.7 Å². The molecule has 3 atom stereocenters. The summed E-state index contributed by atoms with van der Waals surface area (Å²) in [6.45, 7) is 3.33. The highest BCUT2D eigenvalue weighted by atomic mass is 16.4. The van der Waals surface area contributed by atoms with Gasteiger partial charge in [-0.1, -0.05) is 49.4 Å². The van der Waals surface area contributed by atoms with E-state index in [0.717, 1.165) is 6.42 Å². The van der Waals surface area contributed by atoms with Crippen LogP contribution in [0.5, 0.6) is 0 Å². The molecule has 0 aliphatic heterocycles. The molecule has 0 radical (unpaired) electrons. The molecule has 3 rings (SSSR count). The summed E-state index contributed by atoms with van der Waals surface area (Å²) in [4.78, 5) is 23.8. The van der Waals surface area contributed by atoms with E-state index in [2.05, 4.69) is 29.6 Å². The minimum Gasteiger partial charge on any atom is -0.480 e. The summed E-state index contributed by atoms with van der Waals surface area (Å²) < 4.78 is 0. The van der Waals surface area contributed by atoms with Gasteiger partial charge in [0.2, 0.25) is 5.91 Å². The van der Waals surface area contributed by atoms with Crippen molar-refractivity contribution in [2.24, 2.45) is 5.92 Å². The van der Waals surface area contributed by atoms with Crippen molar-refractivity contribution >= 4 is 22.6 Å². The van der Waals surface area contributed by atoms with Crippen LogP contribution in [0, 0.1) is 5.92 Å². The van der Waals surface area contributed by atoms with Gasteiger partial charge in [-0.15, -0.1) is 0 Å². The second-order valence-corrected chi connectivity index (χ2v) is 6.50. The zero-order valence-electron chi connectivity index (χ0n) is 13.4. The summed E-state index contributed by atoms with van der Waals surface area (Å²) in [5.74, 6) is -1.10. The molecule has 120 valence electrons. The first-order chi connectivity index (χ1) is 11.0. The minimum atomic E-state index is -1.19. The van der Waals surface area contributed by atoms with Crippen LogP contribution < -0.4 is 5.32 Å². The SMILES string of the molecule is CCC(C)(NC(=O)C1CC1c1cccc2ccccc12)C(=O)O. The van der Waals surface area contributed by atoms with Crippen molar-refractivity contribution in [3.63, 3.8) is 0 Å². The van der Waals surface area contributed by atoms with E-state index in [4.69, 9.17) is 0 Å². The van der Waals surface area contributed by atoms with E-state index in [0.29, 0.717) is 6.42 Å². The lowest BCUT2D eigenvalue weighted by molar-refractivity contribution is -0.147. The van der Waals surface area contributed by atoms with Crippen molar-refractivity contribution in [2.75, 3.05) is 0 Å². The number of aliphatic carboxylic acids is 1. The van der Waals surface area contributed by atoms with Crippen molar-refractivity contribution in [3.05, 3.63) is 48.0 Å². The molecule has 1 amide bonds. The standard InChI is InChI=1S/C19H21NO3/c1-3-19(2,18(22)23)20-17(21)16-11-15(16)14-10-6-8-12-7-4-5-9-13(12)14/h4-10,15-16H,3,11H2,1-2H3,(H,20,21)(H,22,23). The van der Waals surface area contributed by atoms with E-state index in [1.54, 1.807) is 13.8 Å². The molecule has 2 aromatic rings. The summed E-state index contributed by atoms with van der Waals surface area (Å²) in [7, 11) is 0. The van der Waals surface area contributed by atoms with Gasteiger partial charge in [0.25, 0.3) is 0 Å². The van der Waals surface area contributed by atoms with E-state index in [-0.39, 0.29) is 17.7 Å². The van der Waals surface area contributed by atoms with Crippen LogP contribution in [0.3, 0.4) is 0 Å². The number of amides is 1. The molecule has 0 bridgehead atoms. The van der Waals surface area contributed by atoms with Gasteiger partial charge in [-0.3, -0.25) is 4.79 Å². The maximum atomic E-state index is 12.4. The number of rotatable bonds is 5. The van der Waals surface area contributed by atoms with Crippen molar-refractivity contribution in [1.29, 1.82) is 0 Å². The van der Waals surface area contributed by atoms with E-state index >= 15 is 0 Å². The Balaban J connectivity index is 1.79. The van der Waals surface area contributed by atoms with Crippen LogP contribution in [0.2, 0.25) is 0 Å². The van der Waals surface area contributed by atoms with Crippen molar-refractivity contribution in [2.45, 2.75) is 38.1 Å². The molecule has 1 aliphatic carbocycles. The smallest absolute Gasteiger partial charge is 0.329 e. The number of hydrogen-bond acceptors (Lipinski definition) is 2. The Bertz CT molecular complexity index is 765. The number of carboxylic acids is 1. The number of hydrogen-bond donors (Lipinski definition) is 2. The van der Waals surface area contributed by atoms with Crippen molar-refractivity contribution in [1.82, 2.24) is 5.32 Å². The topological polar surface area (TPSA) is 66.4 Å². The summed E-state index contributed by atoms with van der Waals surface area (Å²) in [5, 5.41) is 14.3. The molecule has 1 fully saturated rings. The molecule has 23 heavy (non-hydrogen) atoms. The maximum absolute atomic E-state index is 12.4. The number of carboxylic acid groups (broad SMARTS) is 1. The van der Waals surface area contributed by atoms with Crippen LogP contribution in [0.15, 0.2) is 42.5 Å². The first-order valence-corrected chi connectivity index (χ1v) is 7.99. The molecule has 0 spiro atoms. The fraction of sp³-hybridized carbons (Fsp3) is 0.368. The highest BCUT2D eigenvalue weighted by Gasteiger charge is 2.47. The third-order valence-electron chi connectivity index (χ3n) is 4.93. The quantitative estimate of drug-likeness (QED) is 0.890. The average Bonchev–Trinajstić information content (AvgIpc) is 3.34. The fourth-order valence-corrected chi connectivity index (χ4v) is 3.06. The van der Waals surface area contributed by atoms with Gasteiger partial charge in [-0.2, -0.15) is 0 Å². The van der Waals surface area contributed by atoms with E-state index < -0.39 is 11.5 Å². The fourth-order valence-electron chi connectivity index (χ4n) is 3.06. The normalized spacial score (nSPS) is 22.3. The molecule has 1 saturated carbocycles. The summed E-state index contributed by atoms with van der Waals surface area (Å²) >= 11 is 0. The Kier molecular flexibility index (Phi) is 3.84. The van der Waals surface area contributed by atoms with Gasteiger partial charge in [-0.05, 0) is 42.0 Å². The van der Waals surface area contributed by atoms with Crippen LogP contribution in [0.25, 0.3) is 10.8 Å². The molecule has 1 aliphatic rings. The van der Waals surface area contributed by atoms with Gasteiger partial charge in [0.1, 0.15) is 5.54 Å². The Hall–Kier alpha value is -2.36. The largest absolute Gasteiger partial charge is 0.480 e. The Morgan fingerprint density at radius 2 is 1.91 bits per heavy atom. The van der Waals surface area contributed by atoms with E-state index in [1.165, 1.54) is 16.3 Å². The first-order valence-electron chi connectivity index (χ1n) is 7.99. The van der Waals surface area contributed by atoms with Crippen molar-refractivity contribution in [3.8, 4) is 0 Å². The second-order valence-electron chi connectivity index (χ2n) is 6.50. The Morgan fingerprint density at radius 3 is 2.61 bits per heavy atom. The van der Waals surface area contributed by atoms with Crippen LogP contribution in [-0.4, -0.2) is 22.5 Å². The third-order valence-corrected chi connectivity index (χ3v) is 4.93. The van der Waals surface area contributed by atoms with Crippen LogP contribution in [-0.2, 0) is 9.59 Å². The van der Waals surface area contributed by atoms with Gasteiger partial charge in [-0.25, -0.2) is 4.79 Å². The number of carbonyl (C=O) groups excluding carboxylic acids is 1. The lowest BCUT2D eigenvalue weighted by atomic mass is 9.97. The molecule has 2 N–H and O–H groups in total. The molecule has 0 heterocycles. The highest BCUT2D eigenvalue weighted by molar-refractivity contribution is 5.92. The summed E-state index contributed by atoms with van der Waals surface area (Å²) in [6, 6.07) is 14.3. The van der Waals surface area contributed by atoms with Gasteiger partial charge in [0.05, 0.1) is 0 Å². The van der Waals surface area contributed by atoms with Gasteiger partial charge >= 0.3 is 5.97 Å². The first kappa shape index (κ1) is 15.5. The van der Waals surface area contributed by atoms with Crippen LogP contribution in [0.1, 0.15) is 38.2 Å². The zero-order chi connectivity index (χ0) is 16.6. The molecule has 4 nitrogen and oxygen atoms in total. The Morgan fingerprint density at radius 1 is 1.22 bits per heavy atom. The molecule has 4 heteroatoms. The Labute approximate surface area is 135 Å². The number of carbonyl (C=O) groups is 2. The zero-order valence-corrected chi connectivity index (χ0v) is 13.4. The number of benzene rings is 2. The minimum absolute atomic E-state index is 0.133. The predicted octanol–water partition coefficient (Wildman–Crippen LogP) is 3.31. The average molecular weight is 311 g/mol. The maximum Gasteiger partial charge on any atom is 0.329 e. The molecule has 0 saturated heterocycles. The predicted molar refractivity (Wildman–Crippen MR) is 89.3 cm³/mol. The van der Waals surface area contributed by atoms with Gasteiger partial charge < -0.3 is 10.4 Å². The molecular weight excluding hydrogens is 290 g/mol. The third kappa shape index (κ3) is 2.81. The lowest BCUT2D eigenvalue weighted by Gasteiger charge is -2.24. The molecular formula is C19H21NO3. The van der Waals surface area contributed by atoms with Gasteiger partial charge in [0, 0.05) is 5.92 Å². The molecule has 0 aromatic heterocycles. The second kappa shape index (κ2) is 5.69. The van der Waals surface area contributed by atoms with Crippen LogP contribution in [0.4, 0.5) is 0 Å². The lowest BCUT2D eigenvalue weighted by Crippen LogP contribution is -2.52.